The fourth-order valence-electron chi connectivity index (χ4n) is 3.21. The Morgan fingerprint density at radius 2 is 1.53 bits per heavy atom. The van der Waals surface area contributed by atoms with Crippen LogP contribution in [0.1, 0.15) is 22.0 Å². The third-order valence-electron chi connectivity index (χ3n) is 4.77. The Kier molecular flexibility index (Phi) is 7.13. The maximum absolute atomic E-state index is 13.1. The number of carbonyl (C=O) groups is 2. The number of nitrogens with zero attached hydrogens (tertiary/aromatic N) is 1. The smallest absolute Gasteiger partial charge is 0.339 e. The summed E-state index contributed by atoms with van der Waals surface area (Å²) in [7, 11) is 4.40. The van der Waals surface area contributed by atoms with Crippen molar-refractivity contribution in [3.8, 4) is 17.2 Å². The van der Waals surface area contributed by atoms with E-state index in [0.717, 1.165) is 0 Å². The SMILES string of the molecule is COc1cc(C(=O)O[C@@H](C(=O)N2CCOCC2)c2ccccc2)cc(OC)c1OC. The molecule has 0 saturated carbocycles. The standard InChI is InChI=1S/C22H25NO7/c1-26-17-13-16(14-18(27-2)20(17)28-3)22(25)30-19(15-7-5-4-6-8-15)21(24)23-9-11-29-12-10-23/h4-8,13-14,19H,9-12H2,1-3H3/t19-/m1/s1. The van der Waals surface area contributed by atoms with Gasteiger partial charge in [-0.15, -0.1) is 0 Å². The Bertz CT molecular complexity index is 853. The molecule has 3 rings (SSSR count). The fourth-order valence-corrected chi connectivity index (χ4v) is 3.21. The van der Waals surface area contributed by atoms with Crippen LogP contribution < -0.4 is 14.2 Å². The molecule has 1 amide bonds. The zero-order valence-corrected chi connectivity index (χ0v) is 17.3. The second-order valence-electron chi connectivity index (χ2n) is 6.55. The van der Waals surface area contributed by atoms with Crippen molar-refractivity contribution in [2.45, 2.75) is 6.10 Å². The molecule has 8 nitrogen and oxygen atoms in total. The van der Waals surface area contributed by atoms with E-state index in [1.54, 1.807) is 29.2 Å². The van der Waals surface area contributed by atoms with Crippen molar-refractivity contribution in [2.24, 2.45) is 0 Å². The monoisotopic (exact) mass is 415 g/mol. The maximum atomic E-state index is 13.1. The summed E-state index contributed by atoms with van der Waals surface area (Å²) in [4.78, 5) is 27.8. The molecule has 1 heterocycles. The number of carbonyl (C=O) groups excluding carboxylic acids is 2. The summed E-state index contributed by atoms with van der Waals surface area (Å²) in [6.07, 6.45) is -1.07. The molecule has 0 unspecified atom stereocenters. The van der Waals surface area contributed by atoms with E-state index in [-0.39, 0.29) is 11.5 Å². The first-order chi connectivity index (χ1) is 14.6. The van der Waals surface area contributed by atoms with Crippen LogP contribution in [0, 0.1) is 0 Å². The van der Waals surface area contributed by atoms with Crippen molar-refractivity contribution in [1.29, 1.82) is 0 Å². The van der Waals surface area contributed by atoms with E-state index in [4.69, 9.17) is 23.7 Å². The average molecular weight is 415 g/mol. The van der Waals surface area contributed by atoms with Gasteiger partial charge in [0.25, 0.3) is 5.91 Å². The molecule has 2 aromatic carbocycles. The van der Waals surface area contributed by atoms with Crippen LogP contribution in [0.3, 0.4) is 0 Å². The summed E-state index contributed by atoms with van der Waals surface area (Å²) in [5.41, 5.74) is 0.773. The van der Waals surface area contributed by atoms with Gasteiger partial charge in [0.1, 0.15) is 0 Å². The molecule has 160 valence electrons. The number of hydrogen-bond acceptors (Lipinski definition) is 7. The molecule has 0 N–H and O–H groups in total. The molecule has 30 heavy (non-hydrogen) atoms. The van der Waals surface area contributed by atoms with E-state index in [0.29, 0.717) is 49.1 Å². The minimum atomic E-state index is -1.07. The Morgan fingerprint density at radius 1 is 0.933 bits per heavy atom. The van der Waals surface area contributed by atoms with Crippen LogP contribution >= 0.6 is 0 Å². The molecule has 0 spiro atoms. The molecule has 0 aliphatic carbocycles. The number of ether oxygens (including phenoxy) is 5. The van der Waals surface area contributed by atoms with Gasteiger partial charge in [-0.25, -0.2) is 4.79 Å². The molecule has 1 aliphatic rings. The lowest BCUT2D eigenvalue weighted by molar-refractivity contribution is -0.145. The summed E-state index contributed by atoms with van der Waals surface area (Å²) < 4.78 is 26.9. The summed E-state index contributed by atoms with van der Waals surface area (Å²) in [5, 5.41) is 0. The summed E-state index contributed by atoms with van der Waals surface area (Å²) in [6.45, 7) is 1.80. The molecule has 0 radical (unpaired) electrons. The van der Waals surface area contributed by atoms with Crippen LogP contribution in [0.15, 0.2) is 42.5 Å². The van der Waals surface area contributed by atoms with Gasteiger partial charge in [0, 0.05) is 18.7 Å². The van der Waals surface area contributed by atoms with Gasteiger partial charge in [-0.05, 0) is 12.1 Å². The molecule has 1 saturated heterocycles. The lowest BCUT2D eigenvalue weighted by atomic mass is 10.1. The number of amides is 1. The number of methoxy groups -OCH3 is 3. The van der Waals surface area contributed by atoms with Crippen molar-refractivity contribution in [2.75, 3.05) is 47.6 Å². The predicted molar refractivity (Wildman–Crippen MR) is 108 cm³/mol. The number of esters is 1. The Morgan fingerprint density at radius 3 is 2.07 bits per heavy atom. The molecule has 0 aromatic heterocycles. The van der Waals surface area contributed by atoms with Crippen molar-refractivity contribution in [3.05, 3.63) is 53.6 Å². The van der Waals surface area contributed by atoms with Crippen LogP contribution in [0.25, 0.3) is 0 Å². The lowest BCUT2D eigenvalue weighted by Crippen LogP contribution is -2.44. The number of morpholine rings is 1. The van der Waals surface area contributed by atoms with Gasteiger partial charge in [-0.1, -0.05) is 30.3 Å². The minimum Gasteiger partial charge on any atom is -0.493 e. The zero-order valence-electron chi connectivity index (χ0n) is 17.3. The predicted octanol–water partition coefficient (Wildman–Crippen LogP) is 2.47. The minimum absolute atomic E-state index is 0.181. The quantitative estimate of drug-likeness (QED) is 0.643. The van der Waals surface area contributed by atoms with Gasteiger partial charge in [0.15, 0.2) is 11.5 Å². The van der Waals surface area contributed by atoms with Gasteiger partial charge in [0.05, 0.1) is 40.1 Å². The third-order valence-corrected chi connectivity index (χ3v) is 4.77. The molecule has 8 heteroatoms. The van der Waals surface area contributed by atoms with Gasteiger partial charge < -0.3 is 28.6 Å². The Hall–Kier alpha value is -3.26. The van der Waals surface area contributed by atoms with Crippen LogP contribution in [0.5, 0.6) is 17.2 Å². The highest BCUT2D eigenvalue weighted by atomic mass is 16.6. The largest absolute Gasteiger partial charge is 0.493 e. The van der Waals surface area contributed by atoms with Gasteiger partial charge in [0.2, 0.25) is 11.9 Å². The zero-order chi connectivity index (χ0) is 21.5. The van der Waals surface area contributed by atoms with Gasteiger partial charge in [-0.2, -0.15) is 0 Å². The molecule has 2 aromatic rings. The second kappa shape index (κ2) is 9.98. The van der Waals surface area contributed by atoms with Crippen LogP contribution in [-0.4, -0.2) is 64.4 Å². The molecule has 1 aliphatic heterocycles. The highest BCUT2D eigenvalue weighted by molar-refractivity contribution is 5.94. The van der Waals surface area contributed by atoms with Crippen molar-refractivity contribution >= 4 is 11.9 Å². The molecular weight excluding hydrogens is 390 g/mol. The van der Waals surface area contributed by atoms with E-state index in [1.807, 2.05) is 6.07 Å². The van der Waals surface area contributed by atoms with Crippen molar-refractivity contribution < 1.29 is 33.3 Å². The van der Waals surface area contributed by atoms with E-state index in [2.05, 4.69) is 0 Å². The first-order valence-corrected chi connectivity index (χ1v) is 9.51. The first-order valence-electron chi connectivity index (χ1n) is 9.51. The second-order valence-corrected chi connectivity index (χ2v) is 6.55. The molecule has 0 bridgehead atoms. The van der Waals surface area contributed by atoms with E-state index < -0.39 is 12.1 Å². The summed E-state index contributed by atoms with van der Waals surface area (Å²) in [6, 6.07) is 11.9. The highest BCUT2D eigenvalue weighted by Gasteiger charge is 2.31. The fraction of sp³-hybridized carbons (Fsp3) is 0.364. The van der Waals surface area contributed by atoms with Gasteiger partial charge >= 0.3 is 5.97 Å². The maximum Gasteiger partial charge on any atom is 0.339 e. The van der Waals surface area contributed by atoms with E-state index in [9.17, 15) is 9.59 Å². The first kappa shape index (κ1) is 21.4. The topological polar surface area (TPSA) is 83.5 Å². The third kappa shape index (κ3) is 4.65. The number of benzene rings is 2. The van der Waals surface area contributed by atoms with Crippen LogP contribution in [0.2, 0.25) is 0 Å². The summed E-state index contributed by atoms with van der Waals surface area (Å²) >= 11 is 0. The van der Waals surface area contributed by atoms with E-state index in [1.165, 1.54) is 33.5 Å². The molecule has 1 atom stereocenters. The summed E-state index contributed by atoms with van der Waals surface area (Å²) in [5.74, 6) is 0.0368. The highest BCUT2D eigenvalue weighted by Crippen LogP contribution is 2.38. The number of rotatable bonds is 7. The average Bonchev–Trinajstić information content (AvgIpc) is 2.81. The molecule has 1 fully saturated rings. The van der Waals surface area contributed by atoms with Gasteiger partial charge in [-0.3, -0.25) is 4.79 Å². The Balaban J connectivity index is 1.90. The van der Waals surface area contributed by atoms with E-state index >= 15 is 0 Å². The number of hydrogen-bond donors (Lipinski definition) is 0. The lowest BCUT2D eigenvalue weighted by Gasteiger charge is -2.30. The molecular formula is C22H25NO7. The van der Waals surface area contributed by atoms with Crippen molar-refractivity contribution in [1.82, 2.24) is 4.90 Å². The van der Waals surface area contributed by atoms with Crippen molar-refractivity contribution in [3.63, 3.8) is 0 Å². The normalized spacial score (nSPS) is 14.6. The van der Waals surface area contributed by atoms with Crippen LogP contribution in [0.4, 0.5) is 0 Å². The van der Waals surface area contributed by atoms with Crippen LogP contribution in [-0.2, 0) is 14.3 Å². The Labute approximate surface area is 175 Å².